The number of hydrogen-bond acceptors (Lipinski definition) is 6. The summed E-state index contributed by atoms with van der Waals surface area (Å²) in [4.78, 5) is 47.2. The topological polar surface area (TPSA) is 99.6 Å². The van der Waals surface area contributed by atoms with Gasteiger partial charge in [0.05, 0.1) is 43.1 Å². The molecule has 1 N–H and O–H groups in total. The molecule has 0 bridgehead atoms. The molecular weight excluding hydrogens is 713 g/mol. The molecule has 274 valence electrons. The van der Waals surface area contributed by atoms with E-state index < -0.39 is 37.6 Å². The van der Waals surface area contributed by atoms with Gasteiger partial charge in [0.2, 0.25) is 14.3 Å². The molecule has 1 saturated heterocycles. The zero-order valence-electron chi connectivity index (χ0n) is 29.8. The first-order chi connectivity index (χ1) is 25.4. The summed E-state index contributed by atoms with van der Waals surface area (Å²) in [5.41, 5.74) is 3.01. The quantitative estimate of drug-likeness (QED) is 0.160. The lowest BCUT2D eigenvalue weighted by Crippen LogP contribution is -2.48. The number of hydrogen-bond donors (Lipinski definition) is 1. The van der Waals surface area contributed by atoms with Crippen LogP contribution >= 0.6 is 11.6 Å². The fourth-order valence-electron chi connectivity index (χ4n) is 9.07. The second-order valence-corrected chi connectivity index (χ2v) is 19.2. The number of halogens is 2. The second kappa shape index (κ2) is 13.4. The summed E-state index contributed by atoms with van der Waals surface area (Å²) >= 11 is 6.59. The molecule has 4 aliphatic rings. The number of benzene rings is 4. The molecule has 0 unspecified atom stereocenters. The number of aliphatic hydroxyl groups excluding tert-OH is 1. The summed E-state index contributed by atoms with van der Waals surface area (Å²) in [6.07, 6.45) is -0.494. The van der Waals surface area contributed by atoms with Gasteiger partial charge in [-0.05, 0) is 78.7 Å². The molecule has 9 nitrogen and oxygen atoms in total. The average Bonchev–Trinajstić information content (AvgIpc) is 3.56. The molecule has 0 radical (unpaired) electrons. The predicted molar refractivity (Wildman–Crippen MR) is 202 cm³/mol. The Morgan fingerprint density at radius 2 is 1.74 bits per heavy atom. The number of anilines is 3. The number of nitrogens with zero attached hydrogens (tertiary/aromatic N) is 3. The Morgan fingerprint density at radius 1 is 0.981 bits per heavy atom. The third kappa shape index (κ3) is 5.94. The highest BCUT2D eigenvalue weighted by Crippen LogP contribution is 2.60. The van der Waals surface area contributed by atoms with Crippen molar-refractivity contribution in [1.82, 2.24) is 4.90 Å². The minimum Gasteiger partial charge on any atom is -0.482 e. The van der Waals surface area contributed by atoms with Crippen molar-refractivity contribution in [2.45, 2.75) is 69.2 Å². The van der Waals surface area contributed by atoms with Gasteiger partial charge in [-0.2, -0.15) is 0 Å². The van der Waals surface area contributed by atoms with Crippen LogP contribution in [0, 0.1) is 5.92 Å². The maximum Gasteiger partial charge on any atom is 0.269 e. The van der Waals surface area contributed by atoms with Crippen molar-refractivity contribution < 1.29 is 33.1 Å². The number of carbonyl (C=O) groups excluding carboxylic acids is 3. The number of aliphatic hydroxyl groups is 1. The first-order valence-corrected chi connectivity index (χ1v) is 21.3. The number of carbonyl (C=O) groups is 3. The molecule has 1 spiro atoms. The van der Waals surface area contributed by atoms with Gasteiger partial charge in [0.15, 0.2) is 12.2 Å². The summed E-state index contributed by atoms with van der Waals surface area (Å²) in [5.74, 6) is -0.828. The molecule has 5 atom stereocenters. The molecule has 4 aromatic rings. The van der Waals surface area contributed by atoms with Gasteiger partial charge < -0.3 is 28.5 Å². The molecule has 8 rings (SSSR count). The van der Waals surface area contributed by atoms with Crippen LogP contribution in [0.15, 0.2) is 91.0 Å². The smallest absolute Gasteiger partial charge is 0.269 e. The zero-order valence-corrected chi connectivity index (χ0v) is 31.6. The number of para-hydroxylation sites is 2. The van der Waals surface area contributed by atoms with Crippen LogP contribution in [0.2, 0.25) is 23.7 Å². The highest BCUT2D eigenvalue weighted by atomic mass is 35.5. The minimum atomic E-state index is -3.56. The van der Waals surface area contributed by atoms with Gasteiger partial charge in [-0.25, -0.2) is 0 Å². The van der Waals surface area contributed by atoms with Crippen molar-refractivity contribution in [3.8, 4) is 5.75 Å². The van der Waals surface area contributed by atoms with E-state index in [1.807, 2.05) is 79.7 Å². The average molecular weight is 754 g/mol. The maximum atomic E-state index is 16.6. The molecule has 4 heterocycles. The SMILES string of the molecule is C[C@@H]1[C@@H]([Si](C)(C)F)[C@H](CC(=O)N2Cc3ccccc3C[C@H]2CO)O[C@@]12C(=O)N(Cc1cccc(N3C(=O)COc4ccccc43)c1)c1ccc(Cl)cc12. The lowest BCUT2D eigenvalue weighted by Gasteiger charge is -2.37. The number of rotatable bonds is 7. The van der Waals surface area contributed by atoms with E-state index in [0.29, 0.717) is 46.4 Å². The van der Waals surface area contributed by atoms with Gasteiger partial charge in [-0.1, -0.05) is 67.1 Å². The Morgan fingerprint density at radius 3 is 2.51 bits per heavy atom. The first-order valence-electron chi connectivity index (χ1n) is 18.0. The largest absolute Gasteiger partial charge is 0.482 e. The Bertz CT molecular complexity index is 2130. The monoisotopic (exact) mass is 753 g/mol. The standard InChI is InChI=1S/C41H41ClFN3O6Si/c1-25-39(53(2,3)43)36(20-37(48)44-22-28-11-5-4-10-27(28)18-31(44)23-47)52-41(25)32-19-29(42)15-16-33(32)45(40(41)50)21-26-9-8-12-30(17-26)46-34-13-6-7-14-35(34)51-24-38(46)49/h4-17,19,25,31,36,39,47H,18,20-24H2,1-3H3/t25-,31+,36+,39-,41+/m1/s1. The number of ether oxygens (including phenoxy) is 2. The predicted octanol–water partition coefficient (Wildman–Crippen LogP) is 7.05. The van der Waals surface area contributed by atoms with E-state index in [1.54, 1.807) is 46.0 Å². The van der Waals surface area contributed by atoms with E-state index in [1.165, 1.54) is 0 Å². The highest BCUT2D eigenvalue weighted by molar-refractivity contribution is 6.72. The third-order valence-corrected chi connectivity index (χ3v) is 14.1. The van der Waals surface area contributed by atoms with E-state index in [4.69, 9.17) is 21.1 Å². The van der Waals surface area contributed by atoms with Gasteiger partial charge in [0.25, 0.3) is 11.8 Å². The molecule has 4 aromatic carbocycles. The van der Waals surface area contributed by atoms with E-state index >= 15 is 4.11 Å². The van der Waals surface area contributed by atoms with Gasteiger partial charge in [-0.15, -0.1) is 0 Å². The normalized spacial score (nSPS) is 25.0. The van der Waals surface area contributed by atoms with Crippen molar-refractivity contribution in [2.75, 3.05) is 23.0 Å². The molecule has 1 fully saturated rings. The van der Waals surface area contributed by atoms with E-state index in [0.717, 1.165) is 16.7 Å². The zero-order chi connectivity index (χ0) is 37.2. The van der Waals surface area contributed by atoms with Crippen LogP contribution in [0.4, 0.5) is 21.2 Å². The van der Waals surface area contributed by atoms with Gasteiger partial charge in [0, 0.05) is 34.3 Å². The first kappa shape index (κ1) is 35.5. The molecule has 0 aliphatic carbocycles. The van der Waals surface area contributed by atoms with Crippen molar-refractivity contribution in [2.24, 2.45) is 5.92 Å². The lowest BCUT2D eigenvalue weighted by molar-refractivity contribution is -0.151. The van der Waals surface area contributed by atoms with Crippen LogP contribution in [0.5, 0.6) is 5.75 Å². The van der Waals surface area contributed by atoms with E-state index in [9.17, 15) is 19.5 Å². The molecule has 0 aromatic heterocycles. The molecule has 12 heteroatoms. The summed E-state index contributed by atoms with van der Waals surface area (Å²) in [5, 5.41) is 10.7. The molecule has 0 saturated carbocycles. The fraction of sp³-hybridized carbons (Fsp3) is 0.341. The van der Waals surface area contributed by atoms with Crippen molar-refractivity contribution in [3.63, 3.8) is 0 Å². The maximum absolute atomic E-state index is 16.6. The van der Waals surface area contributed by atoms with E-state index in [-0.39, 0.29) is 43.9 Å². The van der Waals surface area contributed by atoms with Crippen molar-refractivity contribution >= 4 is 54.8 Å². The second-order valence-electron chi connectivity index (χ2n) is 15.0. The van der Waals surface area contributed by atoms with Crippen LogP contribution < -0.4 is 14.5 Å². The lowest BCUT2D eigenvalue weighted by atomic mass is 9.82. The Labute approximate surface area is 314 Å². The van der Waals surface area contributed by atoms with Gasteiger partial charge in [-0.3, -0.25) is 19.3 Å². The molecule has 3 amide bonds. The van der Waals surface area contributed by atoms with Crippen LogP contribution in [-0.4, -0.2) is 61.5 Å². The summed E-state index contributed by atoms with van der Waals surface area (Å²) in [7, 11) is -3.56. The van der Waals surface area contributed by atoms with Crippen LogP contribution in [0.25, 0.3) is 0 Å². The fourth-order valence-corrected chi connectivity index (χ4v) is 11.7. The van der Waals surface area contributed by atoms with Crippen molar-refractivity contribution in [3.05, 3.63) is 118 Å². The van der Waals surface area contributed by atoms with Gasteiger partial charge >= 0.3 is 0 Å². The Kier molecular flexibility index (Phi) is 8.96. The van der Waals surface area contributed by atoms with Crippen LogP contribution in [0.3, 0.4) is 0 Å². The Hall–Kier alpha value is -4.55. The number of amides is 3. The third-order valence-electron chi connectivity index (χ3n) is 11.4. The summed E-state index contributed by atoms with van der Waals surface area (Å²) < 4.78 is 29.1. The summed E-state index contributed by atoms with van der Waals surface area (Å²) in [6, 6.07) is 27.5. The van der Waals surface area contributed by atoms with Crippen molar-refractivity contribution in [1.29, 1.82) is 0 Å². The Balaban J connectivity index is 1.12. The van der Waals surface area contributed by atoms with Crippen LogP contribution in [-0.2, 0) is 44.2 Å². The molecular formula is C41H41ClFN3O6Si. The highest BCUT2D eigenvalue weighted by Gasteiger charge is 2.67. The number of fused-ring (bicyclic) bond motifs is 4. The molecule has 53 heavy (non-hydrogen) atoms. The molecule has 4 aliphatic heterocycles. The minimum absolute atomic E-state index is 0.0947. The van der Waals surface area contributed by atoms with E-state index in [2.05, 4.69) is 0 Å². The van der Waals surface area contributed by atoms with Crippen LogP contribution in [0.1, 0.15) is 35.6 Å². The summed E-state index contributed by atoms with van der Waals surface area (Å²) in [6.45, 7) is 5.25. The van der Waals surface area contributed by atoms with Gasteiger partial charge in [0.1, 0.15) is 5.75 Å².